The smallest absolute Gasteiger partial charge is 0.318 e. The quantitative estimate of drug-likeness (QED) is 0.402. The Labute approximate surface area is 151 Å². The summed E-state index contributed by atoms with van der Waals surface area (Å²) in [5.74, 6) is -0.135. The van der Waals surface area contributed by atoms with Crippen LogP contribution in [0, 0.1) is 0 Å². The van der Waals surface area contributed by atoms with Gasteiger partial charge in [0.2, 0.25) is 0 Å². The Morgan fingerprint density at radius 3 is 1.91 bits per heavy atom. The van der Waals surface area contributed by atoms with Crippen molar-refractivity contribution in [2.24, 2.45) is 0 Å². The van der Waals surface area contributed by atoms with Crippen LogP contribution in [0.1, 0.15) is 18.1 Å². The highest BCUT2D eigenvalue weighted by Gasteiger charge is 2.14. The lowest BCUT2D eigenvalue weighted by atomic mass is 10.1. The molecule has 2 aromatic carbocycles. The van der Waals surface area contributed by atoms with Crippen molar-refractivity contribution in [2.75, 3.05) is 13.2 Å². The molecule has 0 radical (unpaired) electrons. The van der Waals surface area contributed by atoms with Crippen molar-refractivity contribution in [1.29, 1.82) is 0 Å². The summed E-state index contributed by atoms with van der Waals surface area (Å²) < 4.78 is 5.24. The number of nitrogens with one attached hydrogen (secondary N) is 1. The molecule has 23 heavy (non-hydrogen) atoms. The summed E-state index contributed by atoms with van der Waals surface area (Å²) in [6.07, 6.45) is 0. The van der Waals surface area contributed by atoms with Crippen LogP contribution in [0.15, 0.2) is 60.7 Å². The van der Waals surface area contributed by atoms with Crippen LogP contribution in [-0.2, 0) is 22.6 Å². The SMILES string of the molecule is CC(I)C(=O)OCC[NH+](Cc1ccccc1)Cc1ccccc1. The van der Waals surface area contributed by atoms with Crippen LogP contribution >= 0.6 is 22.6 Å². The van der Waals surface area contributed by atoms with Gasteiger partial charge in [-0.05, 0) is 6.92 Å². The van der Waals surface area contributed by atoms with Crippen LogP contribution in [0.25, 0.3) is 0 Å². The maximum absolute atomic E-state index is 11.6. The zero-order valence-electron chi connectivity index (χ0n) is 13.4. The third-order valence-electron chi connectivity index (χ3n) is 3.62. The Bertz CT molecular complexity index is 545. The molecule has 0 aromatic heterocycles. The number of alkyl halides is 1. The van der Waals surface area contributed by atoms with Crippen LogP contribution in [0.4, 0.5) is 0 Å². The minimum absolute atomic E-state index is 0.0979. The normalized spacial score (nSPS) is 12.1. The molecule has 122 valence electrons. The highest BCUT2D eigenvalue weighted by molar-refractivity contribution is 14.1. The number of carbonyl (C=O) groups excluding carboxylic acids is 1. The molecular formula is C19H23INO2+. The van der Waals surface area contributed by atoms with Crippen LogP contribution in [0.3, 0.4) is 0 Å². The van der Waals surface area contributed by atoms with E-state index in [9.17, 15) is 4.79 Å². The molecule has 1 N–H and O–H groups in total. The average molecular weight is 424 g/mol. The summed E-state index contributed by atoms with van der Waals surface area (Å²) in [5, 5.41) is 0. The lowest BCUT2D eigenvalue weighted by Gasteiger charge is -2.20. The molecule has 0 heterocycles. The summed E-state index contributed by atoms with van der Waals surface area (Å²) in [7, 11) is 0. The molecule has 0 fully saturated rings. The largest absolute Gasteiger partial charge is 0.459 e. The van der Waals surface area contributed by atoms with Crippen molar-refractivity contribution in [2.45, 2.75) is 23.9 Å². The first-order valence-corrected chi connectivity index (χ1v) is 9.12. The summed E-state index contributed by atoms with van der Waals surface area (Å²) >= 11 is 2.08. The van der Waals surface area contributed by atoms with Gasteiger partial charge in [0, 0.05) is 11.1 Å². The Kier molecular flexibility index (Phi) is 7.55. The van der Waals surface area contributed by atoms with Gasteiger partial charge in [0.15, 0.2) is 0 Å². The molecule has 0 aliphatic carbocycles. The van der Waals surface area contributed by atoms with E-state index < -0.39 is 0 Å². The van der Waals surface area contributed by atoms with Crippen molar-refractivity contribution in [3.63, 3.8) is 0 Å². The highest BCUT2D eigenvalue weighted by Crippen LogP contribution is 2.01. The van der Waals surface area contributed by atoms with Gasteiger partial charge in [0.1, 0.15) is 30.2 Å². The van der Waals surface area contributed by atoms with Crippen LogP contribution < -0.4 is 4.90 Å². The van der Waals surface area contributed by atoms with Crippen molar-refractivity contribution >= 4 is 28.6 Å². The molecule has 3 nitrogen and oxygen atoms in total. The second-order valence-electron chi connectivity index (χ2n) is 5.61. The van der Waals surface area contributed by atoms with E-state index in [4.69, 9.17) is 4.74 Å². The van der Waals surface area contributed by atoms with E-state index in [1.165, 1.54) is 16.0 Å². The van der Waals surface area contributed by atoms with Gasteiger partial charge in [0.05, 0.1) is 0 Å². The van der Waals surface area contributed by atoms with Crippen molar-refractivity contribution < 1.29 is 14.4 Å². The summed E-state index contributed by atoms with van der Waals surface area (Å²) in [6, 6.07) is 20.9. The van der Waals surface area contributed by atoms with E-state index >= 15 is 0 Å². The zero-order chi connectivity index (χ0) is 16.5. The van der Waals surface area contributed by atoms with Gasteiger partial charge in [-0.2, -0.15) is 0 Å². The molecule has 1 unspecified atom stereocenters. The topological polar surface area (TPSA) is 30.7 Å². The minimum atomic E-state index is -0.135. The lowest BCUT2D eigenvalue weighted by Crippen LogP contribution is -3.10. The number of carbonyl (C=O) groups is 1. The first-order valence-electron chi connectivity index (χ1n) is 7.87. The van der Waals surface area contributed by atoms with Crippen molar-refractivity contribution in [3.8, 4) is 0 Å². The standard InChI is InChI=1S/C19H22INO2/c1-16(20)19(22)23-13-12-21(14-17-8-4-2-5-9-17)15-18-10-6-3-7-11-18/h2-11,16H,12-15H2,1H3/p+1. The Balaban J connectivity index is 1.95. The molecule has 2 rings (SSSR count). The van der Waals surface area contributed by atoms with E-state index in [1.54, 1.807) is 0 Å². The molecule has 0 aliphatic heterocycles. The molecular weight excluding hydrogens is 401 g/mol. The Morgan fingerprint density at radius 1 is 1.00 bits per heavy atom. The molecule has 0 bridgehead atoms. The number of rotatable bonds is 8. The van der Waals surface area contributed by atoms with Gasteiger partial charge in [-0.25, -0.2) is 0 Å². The average Bonchev–Trinajstić information content (AvgIpc) is 2.56. The number of hydrogen-bond donors (Lipinski definition) is 1. The first kappa shape index (κ1) is 17.9. The van der Waals surface area contributed by atoms with Crippen molar-refractivity contribution in [3.05, 3.63) is 71.8 Å². The van der Waals surface area contributed by atoms with Gasteiger partial charge in [-0.1, -0.05) is 83.3 Å². The summed E-state index contributed by atoms with van der Waals surface area (Å²) in [5.41, 5.74) is 2.60. The molecule has 0 spiro atoms. The van der Waals surface area contributed by atoms with Gasteiger partial charge in [0.25, 0.3) is 0 Å². The van der Waals surface area contributed by atoms with Gasteiger partial charge < -0.3 is 9.64 Å². The van der Waals surface area contributed by atoms with E-state index in [1.807, 2.05) is 19.1 Å². The second-order valence-corrected chi connectivity index (χ2v) is 7.48. The molecule has 0 saturated heterocycles. The van der Waals surface area contributed by atoms with Crippen LogP contribution in [0.2, 0.25) is 0 Å². The van der Waals surface area contributed by atoms with Gasteiger partial charge >= 0.3 is 5.97 Å². The molecule has 2 aromatic rings. The van der Waals surface area contributed by atoms with E-state index in [0.29, 0.717) is 6.61 Å². The molecule has 4 heteroatoms. The third-order valence-corrected chi connectivity index (χ3v) is 4.13. The fourth-order valence-electron chi connectivity index (χ4n) is 2.42. The minimum Gasteiger partial charge on any atom is -0.459 e. The van der Waals surface area contributed by atoms with E-state index in [-0.39, 0.29) is 9.89 Å². The van der Waals surface area contributed by atoms with E-state index in [0.717, 1.165) is 19.6 Å². The number of esters is 1. The molecule has 0 aliphatic rings. The van der Waals surface area contributed by atoms with Crippen LogP contribution in [0.5, 0.6) is 0 Å². The molecule has 1 atom stereocenters. The third kappa shape index (κ3) is 6.71. The number of hydrogen-bond acceptors (Lipinski definition) is 2. The Hall–Kier alpha value is -1.40. The number of benzene rings is 2. The van der Waals surface area contributed by atoms with Crippen LogP contribution in [-0.4, -0.2) is 23.0 Å². The predicted molar refractivity (Wildman–Crippen MR) is 101 cm³/mol. The summed E-state index contributed by atoms with van der Waals surface area (Å²) in [4.78, 5) is 13.0. The first-order chi connectivity index (χ1) is 11.1. The number of quaternary nitrogens is 1. The molecule has 0 saturated carbocycles. The predicted octanol–water partition coefficient (Wildman–Crippen LogP) is 2.64. The molecule has 0 amide bonds. The Morgan fingerprint density at radius 2 is 1.48 bits per heavy atom. The number of halogens is 1. The highest BCUT2D eigenvalue weighted by atomic mass is 127. The fourth-order valence-corrected chi connectivity index (χ4v) is 2.60. The maximum Gasteiger partial charge on any atom is 0.318 e. The van der Waals surface area contributed by atoms with E-state index in [2.05, 4.69) is 71.1 Å². The maximum atomic E-state index is 11.6. The van der Waals surface area contributed by atoms with Gasteiger partial charge in [-0.15, -0.1) is 0 Å². The monoisotopic (exact) mass is 424 g/mol. The zero-order valence-corrected chi connectivity index (χ0v) is 15.5. The summed E-state index contributed by atoms with van der Waals surface area (Å²) in [6.45, 7) is 4.96. The second kappa shape index (κ2) is 9.67. The van der Waals surface area contributed by atoms with Gasteiger partial charge in [-0.3, -0.25) is 4.79 Å². The van der Waals surface area contributed by atoms with Crippen molar-refractivity contribution in [1.82, 2.24) is 0 Å². The lowest BCUT2D eigenvalue weighted by molar-refractivity contribution is -0.927. The number of ether oxygens (including phenoxy) is 1. The fraction of sp³-hybridized carbons (Fsp3) is 0.316.